The van der Waals surface area contributed by atoms with E-state index in [-0.39, 0.29) is 12.5 Å². The van der Waals surface area contributed by atoms with Crippen LogP contribution in [0.4, 0.5) is 4.79 Å². The van der Waals surface area contributed by atoms with Crippen LogP contribution >= 0.6 is 0 Å². The number of carboxylic acid groups (broad SMARTS) is 1. The number of carboxylic acids is 1. The fourth-order valence-electron chi connectivity index (χ4n) is 0.925. The maximum absolute atomic E-state index is 11.3. The number of hydrogen-bond acceptors (Lipinski definition) is 4. The molecule has 102 valence electrons. The minimum atomic E-state index is -1.42. The molecule has 0 unspecified atom stereocenters. The molecule has 0 spiro atoms. The van der Waals surface area contributed by atoms with Crippen LogP contribution < -0.4 is 16.4 Å². The molecule has 1 atom stereocenters. The highest BCUT2D eigenvalue weighted by Crippen LogP contribution is 1.91. The number of amides is 4. The highest BCUT2D eigenvalue weighted by Gasteiger charge is 2.22. The summed E-state index contributed by atoms with van der Waals surface area (Å²) in [5, 5.41) is 12.9. The molecule has 9 nitrogen and oxygen atoms in total. The van der Waals surface area contributed by atoms with E-state index in [4.69, 9.17) is 10.8 Å². The molecule has 0 aromatic rings. The zero-order valence-corrected chi connectivity index (χ0v) is 10.1. The number of carbonyl (C=O) groups excluding carboxylic acids is 3. The van der Waals surface area contributed by atoms with Crippen molar-refractivity contribution < 1.29 is 24.3 Å². The molecule has 0 bridgehead atoms. The van der Waals surface area contributed by atoms with Crippen LogP contribution in [0.3, 0.4) is 0 Å². The van der Waals surface area contributed by atoms with Crippen molar-refractivity contribution in [1.29, 1.82) is 0 Å². The third-order valence-corrected chi connectivity index (χ3v) is 1.91. The van der Waals surface area contributed by atoms with E-state index in [1.54, 1.807) is 0 Å². The van der Waals surface area contributed by atoms with Gasteiger partial charge in [0.15, 0.2) is 0 Å². The molecule has 0 fully saturated rings. The minimum absolute atomic E-state index is 0.276. The Morgan fingerprint density at radius 1 is 1.28 bits per heavy atom. The lowest BCUT2D eigenvalue weighted by Crippen LogP contribution is -2.49. The Bertz CT molecular complexity index is 355. The largest absolute Gasteiger partial charge is 0.480 e. The molecule has 0 aliphatic carbocycles. The van der Waals surface area contributed by atoms with E-state index in [1.165, 1.54) is 19.0 Å². The van der Waals surface area contributed by atoms with Crippen molar-refractivity contribution in [3.63, 3.8) is 0 Å². The fourth-order valence-corrected chi connectivity index (χ4v) is 0.925. The predicted molar refractivity (Wildman–Crippen MR) is 60.5 cm³/mol. The molecular formula is C9H16N4O5. The van der Waals surface area contributed by atoms with E-state index in [0.717, 1.165) is 0 Å². The molecule has 0 aliphatic heterocycles. The average Bonchev–Trinajstić information content (AvgIpc) is 2.23. The van der Waals surface area contributed by atoms with Crippen molar-refractivity contribution in [2.45, 2.75) is 12.5 Å². The molecule has 9 heteroatoms. The molecule has 0 saturated carbocycles. The number of urea groups is 1. The summed E-state index contributed by atoms with van der Waals surface area (Å²) in [6, 6.07) is -2.28. The van der Waals surface area contributed by atoms with Gasteiger partial charge in [0.05, 0.1) is 13.0 Å². The lowest BCUT2D eigenvalue weighted by atomic mass is 10.2. The Morgan fingerprint density at radius 2 is 1.83 bits per heavy atom. The molecule has 0 radical (unpaired) electrons. The third-order valence-electron chi connectivity index (χ3n) is 1.91. The molecule has 0 rings (SSSR count). The Morgan fingerprint density at radius 3 is 2.22 bits per heavy atom. The summed E-state index contributed by atoms with van der Waals surface area (Å²) in [5.74, 6) is -2.60. The first-order valence-corrected chi connectivity index (χ1v) is 4.99. The summed E-state index contributed by atoms with van der Waals surface area (Å²) >= 11 is 0. The van der Waals surface area contributed by atoms with Gasteiger partial charge in [-0.25, -0.2) is 9.59 Å². The number of carbonyl (C=O) groups is 4. The van der Waals surface area contributed by atoms with Crippen molar-refractivity contribution in [1.82, 2.24) is 15.5 Å². The third kappa shape index (κ3) is 6.30. The summed E-state index contributed by atoms with van der Waals surface area (Å²) in [6.07, 6.45) is -0.523. The second kappa shape index (κ2) is 7.09. The van der Waals surface area contributed by atoms with Crippen LogP contribution in [0.25, 0.3) is 0 Å². The first kappa shape index (κ1) is 15.7. The minimum Gasteiger partial charge on any atom is -0.480 e. The monoisotopic (exact) mass is 260 g/mol. The average molecular weight is 260 g/mol. The molecule has 0 saturated heterocycles. The predicted octanol–water partition coefficient (Wildman–Crippen LogP) is -2.30. The van der Waals surface area contributed by atoms with Crippen LogP contribution in [0.15, 0.2) is 0 Å². The van der Waals surface area contributed by atoms with Gasteiger partial charge in [0.2, 0.25) is 11.8 Å². The van der Waals surface area contributed by atoms with Crippen LogP contribution in [0.2, 0.25) is 0 Å². The van der Waals surface area contributed by atoms with Crippen LogP contribution in [-0.4, -0.2) is 60.5 Å². The van der Waals surface area contributed by atoms with Crippen molar-refractivity contribution in [2.75, 3.05) is 20.6 Å². The first-order chi connectivity index (χ1) is 8.23. The molecule has 0 heterocycles. The Hall–Kier alpha value is -2.32. The number of hydrogen-bond donors (Lipinski definition) is 4. The molecule has 0 aliphatic rings. The number of nitrogens with two attached hydrogens (primary N) is 1. The highest BCUT2D eigenvalue weighted by molar-refractivity contribution is 5.89. The SMILES string of the molecule is CN(C)C(=O)CNC(=O)N[C@H](CC(N)=O)C(=O)O. The highest BCUT2D eigenvalue weighted by atomic mass is 16.4. The first-order valence-electron chi connectivity index (χ1n) is 4.99. The van der Waals surface area contributed by atoms with Gasteiger partial charge in [-0.05, 0) is 0 Å². The lowest BCUT2D eigenvalue weighted by Gasteiger charge is -2.14. The standard InChI is InChI=1S/C9H16N4O5/c1-13(2)7(15)4-11-9(18)12-5(8(16)17)3-6(10)14/h5H,3-4H2,1-2H3,(H2,10,14)(H,16,17)(H2,11,12,18)/t5-/m1/s1. The molecule has 4 amide bonds. The number of nitrogens with one attached hydrogen (secondary N) is 2. The molecule has 5 N–H and O–H groups in total. The van der Waals surface area contributed by atoms with Gasteiger partial charge in [0.25, 0.3) is 0 Å². The van der Waals surface area contributed by atoms with Gasteiger partial charge in [0, 0.05) is 14.1 Å². The van der Waals surface area contributed by atoms with E-state index in [0.29, 0.717) is 0 Å². The Balaban J connectivity index is 4.22. The van der Waals surface area contributed by atoms with E-state index in [1.807, 2.05) is 5.32 Å². The summed E-state index contributed by atoms with van der Waals surface area (Å²) < 4.78 is 0. The van der Waals surface area contributed by atoms with Gasteiger partial charge in [-0.1, -0.05) is 0 Å². The van der Waals surface area contributed by atoms with Crippen molar-refractivity contribution in [3.8, 4) is 0 Å². The zero-order valence-electron chi connectivity index (χ0n) is 10.1. The Kier molecular flexibility index (Phi) is 6.18. The van der Waals surface area contributed by atoms with E-state index >= 15 is 0 Å². The number of aliphatic carboxylic acids is 1. The maximum Gasteiger partial charge on any atom is 0.326 e. The maximum atomic E-state index is 11.3. The van der Waals surface area contributed by atoms with Crippen LogP contribution in [0.1, 0.15) is 6.42 Å². The second-order valence-corrected chi connectivity index (χ2v) is 3.68. The number of primary amides is 1. The van der Waals surface area contributed by atoms with Crippen molar-refractivity contribution in [2.24, 2.45) is 5.73 Å². The van der Waals surface area contributed by atoms with Gasteiger partial charge in [-0.15, -0.1) is 0 Å². The van der Waals surface area contributed by atoms with Crippen molar-refractivity contribution >= 4 is 23.8 Å². The quantitative estimate of drug-likeness (QED) is 0.425. The topological polar surface area (TPSA) is 142 Å². The van der Waals surface area contributed by atoms with Crippen LogP contribution in [0.5, 0.6) is 0 Å². The normalized spacial score (nSPS) is 11.2. The number of nitrogens with zero attached hydrogens (tertiary/aromatic N) is 1. The number of likely N-dealkylation sites (N-methyl/N-ethyl adjacent to an activating group) is 1. The molecular weight excluding hydrogens is 244 g/mol. The summed E-state index contributed by atoms with van der Waals surface area (Å²) in [6.45, 7) is -0.276. The molecule has 0 aromatic heterocycles. The van der Waals surface area contributed by atoms with Gasteiger partial charge in [-0.2, -0.15) is 0 Å². The Labute approximate surface area is 103 Å². The van der Waals surface area contributed by atoms with Crippen LogP contribution in [0, 0.1) is 0 Å². The van der Waals surface area contributed by atoms with Gasteiger partial charge in [0.1, 0.15) is 6.04 Å². The van der Waals surface area contributed by atoms with E-state index in [2.05, 4.69) is 5.32 Å². The van der Waals surface area contributed by atoms with Gasteiger partial charge < -0.3 is 26.4 Å². The molecule has 18 heavy (non-hydrogen) atoms. The van der Waals surface area contributed by atoms with E-state index in [9.17, 15) is 19.2 Å². The van der Waals surface area contributed by atoms with Gasteiger partial charge >= 0.3 is 12.0 Å². The number of rotatable bonds is 6. The summed E-state index contributed by atoms with van der Waals surface area (Å²) in [7, 11) is 3.02. The molecule has 0 aromatic carbocycles. The van der Waals surface area contributed by atoms with Crippen molar-refractivity contribution in [3.05, 3.63) is 0 Å². The van der Waals surface area contributed by atoms with E-state index < -0.39 is 30.4 Å². The van der Waals surface area contributed by atoms with Gasteiger partial charge in [-0.3, -0.25) is 9.59 Å². The van der Waals surface area contributed by atoms with Crippen LogP contribution in [-0.2, 0) is 14.4 Å². The second-order valence-electron chi connectivity index (χ2n) is 3.68. The smallest absolute Gasteiger partial charge is 0.326 e. The zero-order chi connectivity index (χ0) is 14.3. The summed E-state index contributed by atoms with van der Waals surface area (Å²) in [4.78, 5) is 44.9. The fraction of sp³-hybridized carbons (Fsp3) is 0.556. The summed E-state index contributed by atoms with van der Waals surface area (Å²) in [5.41, 5.74) is 4.83. The lowest BCUT2D eigenvalue weighted by molar-refractivity contribution is -0.140.